The zero-order valence-electron chi connectivity index (χ0n) is 7.29. The van der Waals surface area contributed by atoms with E-state index in [4.69, 9.17) is 16.3 Å². The Morgan fingerprint density at radius 1 is 1.64 bits per heavy atom. The van der Waals surface area contributed by atoms with E-state index in [1.165, 1.54) is 13.2 Å². The smallest absolute Gasteiger partial charge is 0.315 e. The molecule has 0 saturated carbocycles. The van der Waals surface area contributed by atoms with Gasteiger partial charge in [0.1, 0.15) is 0 Å². The minimum Gasteiger partial charge on any atom is -0.490 e. The van der Waals surface area contributed by atoms with Crippen LogP contribution in [-0.4, -0.2) is 12.0 Å². The number of ether oxygens (including phenoxy) is 1. The summed E-state index contributed by atoms with van der Waals surface area (Å²) in [5.41, 5.74) is 0.355. The maximum absolute atomic E-state index is 10.7. The highest BCUT2D eigenvalue weighted by atomic mass is 79.9. The normalized spacial score (nSPS) is 9.93. The number of hydrogen-bond donors (Lipinski definition) is 0. The van der Waals surface area contributed by atoms with E-state index in [2.05, 4.69) is 15.9 Å². The van der Waals surface area contributed by atoms with Gasteiger partial charge in [0.25, 0.3) is 0 Å². The van der Waals surface area contributed by atoms with E-state index < -0.39 is 4.92 Å². The first-order valence-corrected chi connectivity index (χ1v) is 4.99. The summed E-state index contributed by atoms with van der Waals surface area (Å²) in [6.45, 7) is 0. The highest BCUT2D eigenvalue weighted by Gasteiger charge is 2.20. The van der Waals surface area contributed by atoms with Crippen LogP contribution in [0.4, 0.5) is 5.69 Å². The Hall–Kier alpha value is -0.810. The van der Waals surface area contributed by atoms with Crippen LogP contribution in [0.1, 0.15) is 5.56 Å². The van der Waals surface area contributed by atoms with Gasteiger partial charge >= 0.3 is 5.69 Å². The molecule has 0 radical (unpaired) electrons. The van der Waals surface area contributed by atoms with E-state index in [1.807, 2.05) is 0 Å². The predicted octanol–water partition coefficient (Wildman–Crippen LogP) is 3.10. The fraction of sp³-hybridized carbons (Fsp3) is 0.250. The number of nitro benzene ring substituents is 1. The molecular formula is C8H7BrClNO3. The lowest BCUT2D eigenvalue weighted by atomic mass is 10.2. The molecule has 0 fully saturated rings. The molecule has 1 aromatic carbocycles. The molecule has 4 nitrogen and oxygen atoms in total. The van der Waals surface area contributed by atoms with Crippen LogP contribution in [0, 0.1) is 10.1 Å². The molecule has 0 aromatic heterocycles. The monoisotopic (exact) mass is 279 g/mol. The minimum atomic E-state index is -0.497. The molecule has 0 heterocycles. The van der Waals surface area contributed by atoms with Crippen molar-refractivity contribution in [1.29, 1.82) is 0 Å². The third kappa shape index (κ3) is 2.16. The van der Waals surface area contributed by atoms with Crippen LogP contribution in [0.2, 0.25) is 0 Å². The van der Waals surface area contributed by atoms with Crippen molar-refractivity contribution in [3.63, 3.8) is 0 Å². The van der Waals surface area contributed by atoms with E-state index >= 15 is 0 Å². The van der Waals surface area contributed by atoms with Crippen LogP contribution < -0.4 is 4.74 Å². The van der Waals surface area contributed by atoms with E-state index in [0.29, 0.717) is 10.0 Å². The summed E-state index contributed by atoms with van der Waals surface area (Å²) in [6, 6.07) is 3.14. The number of nitro groups is 1. The van der Waals surface area contributed by atoms with Crippen LogP contribution >= 0.6 is 27.5 Å². The Morgan fingerprint density at radius 2 is 2.29 bits per heavy atom. The molecule has 6 heteroatoms. The Bertz CT molecular complexity index is 345. The van der Waals surface area contributed by atoms with Gasteiger partial charge in [0.2, 0.25) is 0 Å². The summed E-state index contributed by atoms with van der Waals surface area (Å²) in [7, 11) is 1.38. The molecule has 14 heavy (non-hydrogen) atoms. The SMILES string of the molecule is COc1cc(Br)cc(CCl)c1[N+](=O)[O-]. The Labute approximate surface area is 94.1 Å². The lowest BCUT2D eigenvalue weighted by Gasteiger charge is -2.05. The maximum Gasteiger partial charge on any atom is 0.315 e. The summed E-state index contributed by atoms with van der Waals surface area (Å²) in [4.78, 5) is 10.2. The molecule has 0 bridgehead atoms. The quantitative estimate of drug-likeness (QED) is 0.485. The highest BCUT2D eigenvalue weighted by molar-refractivity contribution is 9.10. The second kappa shape index (κ2) is 4.61. The highest BCUT2D eigenvalue weighted by Crippen LogP contribution is 2.34. The van der Waals surface area contributed by atoms with E-state index in [1.54, 1.807) is 6.07 Å². The van der Waals surface area contributed by atoms with Crippen LogP contribution in [0.15, 0.2) is 16.6 Å². The van der Waals surface area contributed by atoms with Gasteiger partial charge in [-0.1, -0.05) is 15.9 Å². The summed E-state index contributed by atoms with van der Waals surface area (Å²) in [6.07, 6.45) is 0. The Morgan fingerprint density at radius 3 is 2.71 bits per heavy atom. The fourth-order valence-electron chi connectivity index (χ4n) is 1.09. The van der Waals surface area contributed by atoms with E-state index in [-0.39, 0.29) is 17.3 Å². The number of halogens is 2. The van der Waals surface area contributed by atoms with Crippen molar-refractivity contribution in [2.75, 3.05) is 7.11 Å². The van der Waals surface area contributed by atoms with Gasteiger partial charge in [0.15, 0.2) is 5.75 Å². The first kappa shape index (κ1) is 11.3. The van der Waals surface area contributed by atoms with Crippen molar-refractivity contribution in [3.05, 3.63) is 32.3 Å². The van der Waals surface area contributed by atoms with Gasteiger partial charge in [-0.2, -0.15) is 0 Å². The molecule has 1 rings (SSSR count). The van der Waals surface area contributed by atoms with Gasteiger partial charge in [0, 0.05) is 16.1 Å². The molecule has 0 aliphatic carbocycles. The largest absolute Gasteiger partial charge is 0.490 e. The van der Waals surface area contributed by atoms with Crippen LogP contribution in [0.5, 0.6) is 5.75 Å². The fourth-order valence-corrected chi connectivity index (χ4v) is 1.78. The third-order valence-electron chi connectivity index (χ3n) is 1.67. The number of nitrogens with zero attached hydrogens (tertiary/aromatic N) is 1. The first-order valence-electron chi connectivity index (χ1n) is 3.67. The average molecular weight is 281 g/mol. The van der Waals surface area contributed by atoms with Crippen LogP contribution in [0.25, 0.3) is 0 Å². The van der Waals surface area contributed by atoms with Gasteiger partial charge < -0.3 is 4.74 Å². The Balaban J connectivity index is 3.40. The molecule has 1 aromatic rings. The standard InChI is InChI=1S/C8H7BrClNO3/c1-14-7-3-6(9)2-5(4-10)8(7)11(12)13/h2-3H,4H2,1H3. The zero-order chi connectivity index (χ0) is 10.7. The van der Waals surface area contributed by atoms with Gasteiger partial charge in [-0.05, 0) is 6.07 Å². The molecule has 0 unspecified atom stereocenters. The Kier molecular flexibility index (Phi) is 3.71. The van der Waals surface area contributed by atoms with Gasteiger partial charge in [-0.3, -0.25) is 10.1 Å². The molecule has 0 aliphatic rings. The van der Waals surface area contributed by atoms with Crippen molar-refractivity contribution in [3.8, 4) is 5.75 Å². The number of methoxy groups -OCH3 is 1. The molecule has 76 valence electrons. The summed E-state index contributed by atoms with van der Waals surface area (Å²) < 4.78 is 5.60. The lowest BCUT2D eigenvalue weighted by molar-refractivity contribution is -0.386. The predicted molar refractivity (Wildman–Crippen MR) is 56.9 cm³/mol. The van der Waals surface area contributed by atoms with Gasteiger partial charge in [-0.25, -0.2) is 0 Å². The first-order chi connectivity index (χ1) is 6.60. The van der Waals surface area contributed by atoms with Gasteiger partial charge in [-0.15, -0.1) is 11.6 Å². The number of alkyl halides is 1. The molecular weight excluding hydrogens is 273 g/mol. The summed E-state index contributed by atoms with van der Waals surface area (Å²) >= 11 is 8.81. The van der Waals surface area contributed by atoms with Crippen molar-refractivity contribution >= 4 is 33.2 Å². The second-order valence-corrected chi connectivity index (χ2v) is 3.69. The van der Waals surface area contributed by atoms with Crippen LogP contribution in [-0.2, 0) is 5.88 Å². The second-order valence-electron chi connectivity index (χ2n) is 2.51. The lowest BCUT2D eigenvalue weighted by Crippen LogP contribution is -1.98. The number of rotatable bonds is 3. The average Bonchev–Trinajstić information content (AvgIpc) is 2.15. The van der Waals surface area contributed by atoms with Crippen molar-refractivity contribution in [1.82, 2.24) is 0 Å². The molecule has 0 spiro atoms. The summed E-state index contributed by atoms with van der Waals surface area (Å²) in [5.74, 6) is 0.284. The molecule has 0 amide bonds. The van der Waals surface area contributed by atoms with Crippen molar-refractivity contribution < 1.29 is 9.66 Å². The van der Waals surface area contributed by atoms with E-state index in [0.717, 1.165) is 0 Å². The third-order valence-corrected chi connectivity index (χ3v) is 2.41. The maximum atomic E-state index is 10.7. The molecule has 0 aliphatic heterocycles. The minimum absolute atomic E-state index is 0.0755. The molecule has 0 saturated heterocycles. The zero-order valence-corrected chi connectivity index (χ0v) is 9.63. The van der Waals surface area contributed by atoms with Gasteiger partial charge in [0.05, 0.1) is 17.9 Å². The molecule has 0 N–H and O–H groups in total. The topological polar surface area (TPSA) is 52.4 Å². The van der Waals surface area contributed by atoms with Crippen molar-refractivity contribution in [2.24, 2.45) is 0 Å². The number of hydrogen-bond acceptors (Lipinski definition) is 3. The molecule has 0 atom stereocenters. The number of benzene rings is 1. The van der Waals surface area contributed by atoms with Crippen LogP contribution in [0.3, 0.4) is 0 Å². The van der Waals surface area contributed by atoms with Crippen molar-refractivity contribution in [2.45, 2.75) is 5.88 Å². The summed E-state index contributed by atoms with van der Waals surface area (Å²) in [5, 5.41) is 10.7. The van der Waals surface area contributed by atoms with E-state index in [9.17, 15) is 10.1 Å².